The molecule has 0 aliphatic rings. The van der Waals surface area contributed by atoms with Crippen molar-refractivity contribution in [2.75, 3.05) is 0 Å². The predicted octanol–water partition coefficient (Wildman–Crippen LogP) is 3.87. The van der Waals surface area contributed by atoms with Gasteiger partial charge in [0.25, 0.3) is 0 Å². The molecule has 0 aromatic heterocycles. The fraction of sp³-hybridized carbons (Fsp3) is 0.455. The van der Waals surface area contributed by atoms with Crippen LogP contribution in [0.5, 0.6) is 0 Å². The largest absolute Gasteiger partial charge is 0.549 e. The first kappa shape index (κ1) is 12.2. The lowest BCUT2D eigenvalue weighted by Crippen LogP contribution is -2.31. The van der Waals surface area contributed by atoms with Crippen LogP contribution in [0.1, 0.15) is 13.8 Å². The van der Waals surface area contributed by atoms with Crippen LogP contribution in [0.4, 0.5) is 0 Å². The lowest BCUT2D eigenvalue weighted by molar-refractivity contribution is 0.460. The summed E-state index contributed by atoms with van der Waals surface area (Å²) in [6.45, 7) is 12.4. The summed E-state index contributed by atoms with van der Waals surface area (Å²) in [7, 11) is -1.49. The average molecular weight is 196 g/mol. The summed E-state index contributed by atoms with van der Waals surface area (Å²) in [5, 5.41) is 0. The molecule has 1 nitrogen and oxygen atoms in total. The monoisotopic (exact) mass is 196 g/mol. The highest BCUT2D eigenvalue weighted by Gasteiger charge is 2.26. The smallest absolute Gasteiger partial charge is 0.246 e. The van der Waals surface area contributed by atoms with E-state index in [4.69, 9.17) is 4.43 Å². The number of hydrogen-bond acceptors (Lipinski definition) is 1. The van der Waals surface area contributed by atoms with Crippen LogP contribution < -0.4 is 0 Å². The number of hydrogen-bond donors (Lipinski definition) is 0. The molecule has 0 fully saturated rings. The van der Waals surface area contributed by atoms with E-state index in [-0.39, 0.29) is 0 Å². The summed E-state index contributed by atoms with van der Waals surface area (Å²) in [6, 6.07) is 0. The van der Waals surface area contributed by atoms with Crippen LogP contribution in [0.3, 0.4) is 0 Å². The van der Waals surface area contributed by atoms with Gasteiger partial charge in [-0.1, -0.05) is 38.7 Å². The highest BCUT2D eigenvalue weighted by Crippen LogP contribution is 2.21. The van der Waals surface area contributed by atoms with Crippen LogP contribution in [0, 0.1) is 0 Å². The molecule has 2 heteroatoms. The first-order chi connectivity index (χ1) is 6.00. The molecule has 13 heavy (non-hydrogen) atoms. The third kappa shape index (κ3) is 5.47. The second-order valence-electron chi connectivity index (χ2n) is 3.83. The highest BCUT2D eigenvalue weighted by molar-refractivity contribution is 6.72. The Labute approximate surface area is 82.9 Å². The van der Waals surface area contributed by atoms with Gasteiger partial charge in [-0.05, 0) is 24.7 Å². The van der Waals surface area contributed by atoms with Gasteiger partial charge in [0, 0.05) is 0 Å². The van der Waals surface area contributed by atoms with E-state index in [1.165, 1.54) is 0 Å². The lowest BCUT2D eigenvalue weighted by Gasteiger charge is -2.25. The van der Waals surface area contributed by atoms with E-state index in [9.17, 15) is 0 Å². The maximum atomic E-state index is 5.71. The molecule has 0 aromatic rings. The van der Waals surface area contributed by atoms with Crippen molar-refractivity contribution in [3.63, 3.8) is 0 Å². The molecule has 0 amide bonds. The van der Waals surface area contributed by atoms with Crippen molar-refractivity contribution in [3.8, 4) is 0 Å². The van der Waals surface area contributed by atoms with Crippen molar-refractivity contribution in [1.29, 1.82) is 0 Å². The Morgan fingerprint density at radius 2 is 1.77 bits per heavy atom. The van der Waals surface area contributed by atoms with E-state index in [1.54, 1.807) is 12.3 Å². The molecule has 0 bridgehead atoms. The SMILES string of the molecule is C=C/C=C/C=C/O[Si](C)(C)C(C)C. The summed E-state index contributed by atoms with van der Waals surface area (Å²) in [5.41, 5.74) is 0.639. The highest BCUT2D eigenvalue weighted by atomic mass is 28.4. The quantitative estimate of drug-likeness (QED) is 0.368. The van der Waals surface area contributed by atoms with Gasteiger partial charge in [0.05, 0.1) is 6.26 Å². The zero-order valence-corrected chi connectivity index (χ0v) is 10.1. The minimum absolute atomic E-state index is 0.639. The van der Waals surface area contributed by atoms with Crippen LogP contribution in [-0.2, 0) is 4.43 Å². The summed E-state index contributed by atoms with van der Waals surface area (Å²) in [6.07, 6.45) is 9.22. The van der Waals surface area contributed by atoms with E-state index in [2.05, 4.69) is 33.5 Å². The minimum atomic E-state index is -1.49. The molecule has 0 saturated carbocycles. The van der Waals surface area contributed by atoms with Gasteiger partial charge in [-0.3, -0.25) is 0 Å². The summed E-state index contributed by atoms with van der Waals surface area (Å²) >= 11 is 0. The second-order valence-corrected chi connectivity index (χ2v) is 8.42. The zero-order valence-electron chi connectivity index (χ0n) is 9.08. The Bertz CT molecular complexity index is 202. The van der Waals surface area contributed by atoms with Gasteiger partial charge in [0.2, 0.25) is 8.32 Å². The molecule has 0 aliphatic heterocycles. The maximum Gasteiger partial charge on any atom is 0.246 e. The van der Waals surface area contributed by atoms with E-state index in [0.29, 0.717) is 5.54 Å². The molecule has 0 saturated heterocycles. The normalized spacial score (nSPS) is 13.0. The van der Waals surface area contributed by atoms with Crippen LogP contribution in [0.2, 0.25) is 18.6 Å². The van der Waals surface area contributed by atoms with Crippen LogP contribution in [-0.4, -0.2) is 8.32 Å². The third-order valence-corrected chi connectivity index (χ3v) is 5.72. The Kier molecular flexibility index (Phi) is 5.47. The third-order valence-electron chi connectivity index (χ3n) is 2.20. The molecule has 0 aliphatic carbocycles. The summed E-state index contributed by atoms with van der Waals surface area (Å²) < 4.78 is 5.71. The summed E-state index contributed by atoms with van der Waals surface area (Å²) in [4.78, 5) is 0. The Morgan fingerprint density at radius 1 is 1.15 bits per heavy atom. The lowest BCUT2D eigenvalue weighted by atomic mass is 10.5. The molecule has 0 spiro atoms. The van der Waals surface area contributed by atoms with Gasteiger partial charge in [0.1, 0.15) is 0 Å². The van der Waals surface area contributed by atoms with Crippen molar-refractivity contribution < 1.29 is 4.43 Å². The first-order valence-electron chi connectivity index (χ1n) is 4.62. The van der Waals surface area contributed by atoms with Crippen molar-refractivity contribution >= 4 is 8.32 Å². The summed E-state index contributed by atoms with van der Waals surface area (Å²) in [5.74, 6) is 0. The Hall–Kier alpha value is -0.763. The van der Waals surface area contributed by atoms with Gasteiger partial charge in [-0.2, -0.15) is 0 Å². The van der Waals surface area contributed by atoms with Gasteiger partial charge in [0.15, 0.2) is 0 Å². The predicted molar refractivity (Wildman–Crippen MR) is 62.1 cm³/mol. The van der Waals surface area contributed by atoms with Crippen molar-refractivity contribution in [2.45, 2.75) is 32.5 Å². The van der Waals surface area contributed by atoms with E-state index >= 15 is 0 Å². The number of allylic oxidation sites excluding steroid dienone is 4. The van der Waals surface area contributed by atoms with Gasteiger partial charge >= 0.3 is 0 Å². The van der Waals surface area contributed by atoms with Gasteiger partial charge in [-0.25, -0.2) is 0 Å². The molecular formula is C11H20OSi. The Balaban J connectivity index is 3.93. The van der Waals surface area contributed by atoms with E-state index in [0.717, 1.165) is 0 Å². The minimum Gasteiger partial charge on any atom is -0.549 e. The molecule has 74 valence electrons. The fourth-order valence-corrected chi connectivity index (χ4v) is 1.24. The molecule has 0 heterocycles. The molecule has 0 atom stereocenters. The second kappa shape index (κ2) is 5.81. The molecular weight excluding hydrogens is 176 g/mol. The van der Waals surface area contributed by atoms with Gasteiger partial charge < -0.3 is 4.43 Å². The van der Waals surface area contributed by atoms with E-state index in [1.807, 2.05) is 18.2 Å². The van der Waals surface area contributed by atoms with Crippen LogP contribution in [0.15, 0.2) is 37.1 Å². The van der Waals surface area contributed by atoms with E-state index < -0.39 is 8.32 Å². The van der Waals surface area contributed by atoms with Crippen molar-refractivity contribution in [1.82, 2.24) is 0 Å². The van der Waals surface area contributed by atoms with Gasteiger partial charge in [-0.15, -0.1) is 0 Å². The Morgan fingerprint density at radius 3 is 2.23 bits per heavy atom. The molecule has 0 N–H and O–H groups in total. The average Bonchev–Trinajstić information content (AvgIpc) is 2.03. The molecule has 0 rings (SSSR count). The van der Waals surface area contributed by atoms with Crippen LogP contribution in [0.25, 0.3) is 0 Å². The topological polar surface area (TPSA) is 9.23 Å². The molecule has 0 unspecified atom stereocenters. The molecule has 0 radical (unpaired) electrons. The standard InChI is InChI=1S/C11H20OSi/c1-6-7-8-9-10-12-13(4,5)11(2)3/h6-11H,1H2,2-5H3/b8-7+,10-9+. The fourth-order valence-electron chi connectivity index (χ4n) is 0.539. The molecule has 0 aromatic carbocycles. The van der Waals surface area contributed by atoms with Crippen LogP contribution >= 0.6 is 0 Å². The first-order valence-corrected chi connectivity index (χ1v) is 7.61. The van der Waals surface area contributed by atoms with Crippen molar-refractivity contribution in [2.24, 2.45) is 0 Å². The van der Waals surface area contributed by atoms with Crippen molar-refractivity contribution in [3.05, 3.63) is 37.1 Å². The number of rotatable bonds is 5. The zero-order chi connectivity index (χ0) is 10.3. The maximum absolute atomic E-state index is 5.71.